The summed E-state index contributed by atoms with van der Waals surface area (Å²) in [5.74, 6) is -1.38. The minimum absolute atomic E-state index is 0.0580. The number of carbonyl (C=O) groups excluding carboxylic acids is 1. The summed E-state index contributed by atoms with van der Waals surface area (Å²) in [5.41, 5.74) is -0.567. The molecule has 0 radical (unpaired) electrons. The van der Waals surface area contributed by atoms with Gasteiger partial charge in [0.05, 0.1) is 4.47 Å². The third kappa shape index (κ3) is 2.93. The number of carbonyl (C=O) groups is 1. The molecule has 0 aliphatic carbocycles. The third-order valence-corrected chi connectivity index (χ3v) is 4.92. The number of hydrogen-bond acceptors (Lipinski definition) is 2. The third-order valence-electron chi connectivity index (χ3n) is 4.31. The van der Waals surface area contributed by atoms with Crippen molar-refractivity contribution in [3.8, 4) is 0 Å². The van der Waals surface area contributed by atoms with Crippen molar-refractivity contribution in [2.75, 3.05) is 13.1 Å². The van der Waals surface area contributed by atoms with Gasteiger partial charge in [-0.25, -0.2) is 8.78 Å². The zero-order chi connectivity index (χ0) is 14.8. The van der Waals surface area contributed by atoms with Gasteiger partial charge in [-0.05, 0) is 60.4 Å². The molecule has 1 aliphatic heterocycles. The lowest BCUT2D eigenvalue weighted by atomic mass is 9.71. The average molecular weight is 346 g/mol. The summed E-state index contributed by atoms with van der Waals surface area (Å²) >= 11 is 3.03. The van der Waals surface area contributed by atoms with Crippen molar-refractivity contribution in [2.24, 2.45) is 5.41 Å². The molecule has 1 aromatic rings. The van der Waals surface area contributed by atoms with E-state index in [0.717, 1.165) is 25.9 Å². The first kappa shape index (κ1) is 15.6. The summed E-state index contributed by atoms with van der Waals surface area (Å²) < 4.78 is 27.9. The van der Waals surface area contributed by atoms with Gasteiger partial charge in [-0.15, -0.1) is 0 Å². The maximum Gasteiger partial charge on any atom is 0.143 e. The quantitative estimate of drug-likeness (QED) is 0.844. The predicted octanol–water partition coefficient (Wildman–Crippen LogP) is 3.62. The van der Waals surface area contributed by atoms with E-state index in [1.807, 2.05) is 6.92 Å². The van der Waals surface area contributed by atoms with Crippen LogP contribution in [0, 0.1) is 17.0 Å². The van der Waals surface area contributed by atoms with Crippen molar-refractivity contribution >= 4 is 21.7 Å². The maximum atomic E-state index is 14.0. The van der Waals surface area contributed by atoms with Gasteiger partial charge in [0.15, 0.2) is 0 Å². The van der Waals surface area contributed by atoms with E-state index in [1.165, 1.54) is 12.1 Å². The predicted molar refractivity (Wildman–Crippen MR) is 77.6 cm³/mol. The van der Waals surface area contributed by atoms with Crippen LogP contribution in [-0.2, 0) is 11.2 Å². The second-order valence-corrected chi connectivity index (χ2v) is 6.16. The van der Waals surface area contributed by atoms with Crippen LogP contribution in [0.15, 0.2) is 16.6 Å². The van der Waals surface area contributed by atoms with Crippen LogP contribution >= 0.6 is 15.9 Å². The Bertz CT molecular complexity index is 513. The Kier molecular flexibility index (Phi) is 4.91. The molecule has 1 aromatic carbocycles. The van der Waals surface area contributed by atoms with Crippen LogP contribution < -0.4 is 5.32 Å². The molecule has 20 heavy (non-hydrogen) atoms. The molecule has 0 amide bonds. The number of rotatable bonds is 4. The van der Waals surface area contributed by atoms with Gasteiger partial charge in [-0.1, -0.05) is 6.92 Å². The molecule has 0 spiro atoms. The summed E-state index contributed by atoms with van der Waals surface area (Å²) in [7, 11) is 0. The molecule has 1 aliphatic rings. The van der Waals surface area contributed by atoms with Gasteiger partial charge in [0.1, 0.15) is 17.4 Å². The highest BCUT2D eigenvalue weighted by molar-refractivity contribution is 9.10. The minimum Gasteiger partial charge on any atom is -0.317 e. The normalized spacial score (nSPS) is 18.0. The van der Waals surface area contributed by atoms with Crippen molar-refractivity contribution < 1.29 is 13.6 Å². The molecule has 5 heteroatoms. The van der Waals surface area contributed by atoms with Gasteiger partial charge in [-0.3, -0.25) is 4.79 Å². The molecule has 110 valence electrons. The number of hydrogen-bond donors (Lipinski definition) is 1. The lowest BCUT2D eigenvalue weighted by Crippen LogP contribution is -2.42. The lowest BCUT2D eigenvalue weighted by Gasteiger charge is -2.35. The monoisotopic (exact) mass is 345 g/mol. The molecule has 2 nitrogen and oxygen atoms in total. The highest BCUT2D eigenvalue weighted by Crippen LogP contribution is 2.35. The molecule has 0 atom stereocenters. The van der Waals surface area contributed by atoms with Crippen molar-refractivity contribution in [1.82, 2.24) is 5.32 Å². The standard InChI is InChI=1S/C15H18BrF2NO/c1-2-15(5-7-19-8-6-15)13(20)9-10-12(17)4-3-11(16)14(10)18/h3-4,19H,2,5-9H2,1H3. The highest BCUT2D eigenvalue weighted by atomic mass is 79.9. The smallest absolute Gasteiger partial charge is 0.143 e. The number of benzene rings is 1. The Morgan fingerprint density at radius 2 is 2.00 bits per heavy atom. The zero-order valence-corrected chi connectivity index (χ0v) is 13.0. The summed E-state index contributed by atoms with van der Waals surface area (Å²) in [6.45, 7) is 3.53. The van der Waals surface area contributed by atoms with Crippen molar-refractivity contribution in [3.05, 3.63) is 33.8 Å². The SMILES string of the molecule is CCC1(C(=O)Cc2c(F)ccc(Br)c2F)CCNCC1. The van der Waals surface area contributed by atoms with Crippen LogP contribution in [0.2, 0.25) is 0 Å². The number of nitrogens with one attached hydrogen (secondary N) is 1. The van der Waals surface area contributed by atoms with E-state index in [0.29, 0.717) is 6.42 Å². The number of piperidine rings is 1. The number of ketones is 1. The second kappa shape index (κ2) is 6.31. The molecule has 1 fully saturated rings. The summed E-state index contributed by atoms with van der Waals surface area (Å²) in [6, 6.07) is 2.51. The van der Waals surface area contributed by atoms with Crippen LogP contribution in [0.4, 0.5) is 8.78 Å². The van der Waals surface area contributed by atoms with Crippen LogP contribution in [-0.4, -0.2) is 18.9 Å². The average Bonchev–Trinajstić information content (AvgIpc) is 2.48. The molecule has 1 N–H and O–H groups in total. The van der Waals surface area contributed by atoms with Crippen molar-refractivity contribution in [1.29, 1.82) is 0 Å². The fraction of sp³-hybridized carbons (Fsp3) is 0.533. The molecule has 0 saturated carbocycles. The van der Waals surface area contributed by atoms with E-state index in [9.17, 15) is 13.6 Å². The Morgan fingerprint density at radius 1 is 1.35 bits per heavy atom. The lowest BCUT2D eigenvalue weighted by molar-refractivity contribution is -0.129. The highest BCUT2D eigenvalue weighted by Gasteiger charge is 2.37. The Morgan fingerprint density at radius 3 is 2.60 bits per heavy atom. The molecular weight excluding hydrogens is 328 g/mol. The molecule has 1 heterocycles. The first-order valence-corrected chi connectivity index (χ1v) is 7.66. The second-order valence-electron chi connectivity index (χ2n) is 5.31. The van der Waals surface area contributed by atoms with Crippen LogP contribution in [0.5, 0.6) is 0 Å². The topological polar surface area (TPSA) is 29.1 Å². The Hall–Kier alpha value is -0.810. The zero-order valence-electron chi connectivity index (χ0n) is 11.4. The first-order chi connectivity index (χ1) is 9.50. The first-order valence-electron chi connectivity index (χ1n) is 6.86. The van der Waals surface area contributed by atoms with E-state index in [2.05, 4.69) is 21.2 Å². The molecular formula is C15H18BrF2NO. The van der Waals surface area contributed by atoms with E-state index >= 15 is 0 Å². The summed E-state index contributed by atoms with van der Waals surface area (Å²) in [5, 5.41) is 3.22. The number of Topliss-reactive ketones (excluding diaryl/α,β-unsaturated/α-hetero) is 1. The van der Waals surface area contributed by atoms with E-state index < -0.39 is 17.0 Å². The van der Waals surface area contributed by atoms with Crippen LogP contribution in [0.25, 0.3) is 0 Å². The van der Waals surface area contributed by atoms with E-state index in [4.69, 9.17) is 0 Å². The summed E-state index contributed by atoms with van der Waals surface area (Å²) in [6.07, 6.45) is 2.01. The number of halogens is 3. The molecule has 0 bridgehead atoms. The van der Waals surface area contributed by atoms with Gasteiger partial charge in [0, 0.05) is 17.4 Å². The molecule has 0 unspecified atom stereocenters. The van der Waals surface area contributed by atoms with Crippen LogP contribution in [0.3, 0.4) is 0 Å². The molecule has 2 rings (SSSR count). The van der Waals surface area contributed by atoms with Gasteiger partial charge in [0.25, 0.3) is 0 Å². The fourth-order valence-corrected chi connectivity index (χ4v) is 3.19. The largest absolute Gasteiger partial charge is 0.317 e. The van der Waals surface area contributed by atoms with Gasteiger partial charge >= 0.3 is 0 Å². The van der Waals surface area contributed by atoms with Crippen molar-refractivity contribution in [3.63, 3.8) is 0 Å². The van der Waals surface area contributed by atoms with Crippen molar-refractivity contribution in [2.45, 2.75) is 32.6 Å². The van der Waals surface area contributed by atoms with E-state index in [1.54, 1.807) is 0 Å². The van der Waals surface area contributed by atoms with Crippen LogP contribution in [0.1, 0.15) is 31.7 Å². The van der Waals surface area contributed by atoms with Gasteiger partial charge in [0.2, 0.25) is 0 Å². The van der Waals surface area contributed by atoms with E-state index in [-0.39, 0.29) is 22.2 Å². The Labute approximate surface area is 126 Å². The molecule has 0 aromatic heterocycles. The fourth-order valence-electron chi connectivity index (χ4n) is 2.81. The van der Waals surface area contributed by atoms with Gasteiger partial charge < -0.3 is 5.32 Å². The molecule has 1 saturated heterocycles. The summed E-state index contributed by atoms with van der Waals surface area (Å²) in [4.78, 5) is 12.6. The Balaban J connectivity index is 2.25. The maximum absolute atomic E-state index is 14.0. The minimum atomic E-state index is -0.668. The van der Waals surface area contributed by atoms with Gasteiger partial charge in [-0.2, -0.15) is 0 Å².